The lowest BCUT2D eigenvalue weighted by Gasteiger charge is -2.07. The summed E-state index contributed by atoms with van der Waals surface area (Å²) in [6, 6.07) is 8.58. The highest BCUT2D eigenvalue weighted by Gasteiger charge is 2.00. The number of fused-ring (bicyclic) bond motifs is 1. The molecule has 0 saturated carbocycles. The lowest BCUT2D eigenvalue weighted by molar-refractivity contribution is -0.140. The lowest BCUT2D eigenvalue weighted by Crippen LogP contribution is -2.20. The number of benzene rings is 1. The molecule has 0 bridgehead atoms. The van der Waals surface area contributed by atoms with E-state index in [0.29, 0.717) is 6.61 Å². The Morgan fingerprint density at radius 3 is 2.40 bits per heavy atom. The number of nitrogens with two attached hydrogens (primary N) is 2. The van der Waals surface area contributed by atoms with E-state index in [1.54, 1.807) is 6.92 Å². The first-order valence-corrected chi connectivity index (χ1v) is 6.44. The predicted octanol–water partition coefficient (Wildman–Crippen LogP) is 2.05. The number of guanidine groups is 1. The number of ether oxygens (including phenoxy) is 1. The maximum absolute atomic E-state index is 9.82. The summed E-state index contributed by atoms with van der Waals surface area (Å²) in [7, 11) is 0. The summed E-state index contributed by atoms with van der Waals surface area (Å²) in [6.07, 6.45) is 6.87. The number of esters is 1. The smallest absolute Gasteiger partial charge is 0.302 e. The summed E-state index contributed by atoms with van der Waals surface area (Å²) < 4.78 is 4.40. The fourth-order valence-corrected chi connectivity index (χ4v) is 1.58. The second-order valence-electron chi connectivity index (χ2n) is 4.02. The fourth-order valence-electron chi connectivity index (χ4n) is 1.58. The standard InChI is InChI=1S/C10H10.C4H8O2.CH5N3/c1-2-6-10-8-4-3-7-9(10)5-1;1-3-6-4(2)5;2-1(3)4/h1-3,5-7H,4,8H2;3H2,1-2H3;(H5,2,3,4). The third-order valence-corrected chi connectivity index (χ3v) is 2.28. The van der Waals surface area contributed by atoms with Gasteiger partial charge in [-0.05, 0) is 30.9 Å². The Bertz CT molecular complexity index is 452. The van der Waals surface area contributed by atoms with Gasteiger partial charge in [0.15, 0.2) is 5.96 Å². The Morgan fingerprint density at radius 2 is 1.95 bits per heavy atom. The van der Waals surface area contributed by atoms with Crippen molar-refractivity contribution < 1.29 is 9.53 Å². The van der Waals surface area contributed by atoms with Crippen molar-refractivity contribution in [1.82, 2.24) is 0 Å². The SMILES string of the molecule is C1=Cc2ccccc2CC1.CCOC(C)=O.N=C(N)N. The molecule has 0 heterocycles. The van der Waals surface area contributed by atoms with Crippen LogP contribution in [0.2, 0.25) is 0 Å². The maximum atomic E-state index is 9.82. The molecule has 1 aromatic rings. The van der Waals surface area contributed by atoms with E-state index in [1.165, 1.54) is 30.9 Å². The van der Waals surface area contributed by atoms with Gasteiger partial charge >= 0.3 is 5.97 Å². The number of aryl methyl sites for hydroxylation is 1. The average Bonchev–Trinajstić information content (AvgIpc) is 2.39. The minimum Gasteiger partial charge on any atom is -0.466 e. The van der Waals surface area contributed by atoms with Crippen LogP contribution in [0.1, 0.15) is 31.4 Å². The molecule has 0 fully saturated rings. The quantitative estimate of drug-likeness (QED) is 0.415. The van der Waals surface area contributed by atoms with Crippen LogP contribution in [0.5, 0.6) is 0 Å². The highest BCUT2D eigenvalue weighted by molar-refractivity contribution is 5.71. The zero-order valence-corrected chi connectivity index (χ0v) is 12.1. The first kappa shape index (κ1) is 17.7. The van der Waals surface area contributed by atoms with Crippen molar-refractivity contribution in [2.75, 3.05) is 6.61 Å². The molecular weight excluding hydrogens is 254 g/mol. The highest BCUT2D eigenvalue weighted by Crippen LogP contribution is 2.17. The molecule has 20 heavy (non-hydrogen) atoms. The van der Waals surface area contributed by atoms with E-state index in [-0.39, 0.29) is 11.9 Å². The molecule has 2 rings (SSSR count). The van der Waals surface area contributed by atoms with Gasteiger partial charge in [0, 0.05) is 6.92 Å². The molecule has 1 aliphatic rings. The second-order valence-corrected chi connectivity index (χ2v) is 4.02. The van der Waals surface area contributed by atoms with Gasteiger partial charge in [-0.25, -0.2) is 0 Å². The van der Waals surface area contributed by atoms with E-state index in [1.807, 2.05) is 0 Å². The molecule has 110 valence electrons. The maximum Gasteiger partial charge on any atom is 0.302 e. The Kier molecular flexibility index (Phi) is 9.39. The Labute approximate surface area is 120 Å². The summed E-state index contributed by atoms with van der Waals surface area (Å²) in [5.41, 5.74) is 11.8. The Hall–Kier alpha value is -2.30. The molecule has 5 heteroatoms. The van der Waals surface area contributed by atoms with Crippen LogP contribution in [0.15, 0.2) is 30.3 Å². The van der Waals surface area contributed by atoms with Crippen LogP contribution in [0.3, 0.4) is 0 Å². The van der Waals surface area contributed by atoms with E-state index in [4.69, 9.17) is 5.41 Å². The van der Waals surface area contributed by atoms with E-state index in [2.05, 4.69) is 52.6 Å². The van der Waals surface area contributed by atoms with E-state index in [9.17, 15) is 4.79 Å². The van der Waals surface area contributed by atoms with Crippen molar-refractivity contribution in [2.45, 2.75) is 26.7 Å². The van der Waals surface area contributed by atoms with Gasteiger partial charge in [0.05, 0.1) is 6.61 Å². The van der Waals surface area contributed by atoms with Crippen LogP contribution >= 0.6 is 0 Å². The van der Waals surface area contributed by atoms with Crippen LogP contribution in [-0.2, 0) is 16.0 Å². The van der Waals surface area contributed by atoms with Gasteiger partial charge in [0.25, 0.3) is 0 Å². The van der Waals surface area contributed by atoms with E-state index >= 15 is 0 Å². The molecule has 0 unspecified atom stereocenters. The van der Waals surface area contributed by atoms with Gasteiger partial charge in [0.1, 0.15) is 0 Å². The number of carbonyl (C=O) groups is 1. The Balaban J connectivity index is 0.000000312. The molecule has 0 aliphatic heterocycles. The van der Waals surface area contributed by atoms with Crippen molar-refractivity contribution in [3.05, 3.63) is 41.5 Å². The summed E-state index contributed by atoms with van der Waals surface area (Å²) in [4.78, 5) is 9.82. The molecule has 0 saturated heterocycles. The molecule has 0 atom stereocenters. The normalized spacial score (nSPS) is 10.9. The number of carbonyl (C=O) groups excluding carboxylic acids is 1. The number of hydrogen-bond acceptors (Lipinski definition) is 3. The zero-order valence-electron chi connectivity index (χ0n) is 12.1. The lowest BCUT2D eigenvalue weighted by atomic mass is 9.98. The predicted molar refractivity (Wildman–Crippen MR) is 82.2 cm³/mol. The summed E-state index contributed by atoms with van der Waals surface area (Å²) in [6.45, 7) is 3.65. The Morgan fingerprint density at radius 1 is 1.35 bits per heavy atom. The minimum atomic E-state index is -0.333. The van der Waals surface area contributed by atoms with Crippen molar-refractivity contribution in [2.24, 2.45) is 11.5 Å². The van der Waals surface area contributed by atoms with Crippen LogP contribution in [0.25, 0.3) is 6.08 Å². The van der Waals surface area contributed by atoms with Crippen molar-refractivity contribution >= 4 is 18.0 Å². The number of allylic oxidation sites excluding steroid dienone is 1. The average molecular weight is 277 g/mol. The molecule has 0 radical (unpaired) electrons. The molecule has 5 N–H and O–H groups in total. The molecule has 0 aromatic heterocycles. The topological polar surface area (TPSA) is 102 Å². The first-order valence-electron chi connectivity index (χ1n) is 6.44. The summed E-state index contributed by atoms with van der Waals surface area (Å²) >= 11 is 0. The molecule has 0 amide bonds. The van der Waals surface area contributed by atoms with Gasteiger partial charge in [-0.15, -0.1) is 0 Å². The van der Waals surface area contributed by atoms with Crippen LogP contribution in [0.4, 0.5) is 0 Å². The van der Waals surface area contributed by atoms with Crippen molar-refractivity contribution in [3.63, 3.8) is 0 Å². The molecule has 0 spiro atoms. The van der Waals surface area contributed by atoms with Crippen LogP contribution in [0, 0.1) is 5.41 Å². The monoisotopic (exact) mass is 277 g/mol. The van der Waals surface area contributed by atoms with E-state index < -0.39 is 0 Å². The zero-order chi connectivity index (χ0) is 15.4. The van der Waals surface area contributed by atoms with Gasteiger partial charge in [-0.2, -0.15) is 0 Å². The number of nitrogens with one attached hydrogen (secondary N) is 1. The first-order chi connectivity index (χ1) is 9.47. The largest absolute Gasteiger partial charge is 0.466 e. The van der Waals surface area contributed by atoms with Crippen LogP contribution in [-0.4, -0.2) is 18.5 Å². The molecule has 5 nitrogen and oxygen atoms in total. The second kappa shape index (κ2) is 10.6. The molecule has 1 aromatic carbocycles. The fraction of sp³-hybridized carbons (Fsp3) is 0.333. The summed E-state index contributed by atoms with van der Waals surface area (Å²) in [5.74, 6) is -0.544. The van der Waals surface area contributed by atoms with Gasteiger partial charge in [-0.1, -0.05) is 36.4 Å². The third-order valence-electron chi connectivity index (χ3n) is 2.28. The third kappa shape index (κ3) is 9.70. The minimum absolute atomic E-state index is 0.211. The van der Waals surface area contributed by atoms with Gasteiger partial charge in [0.2, 0.25) is 0 Å². The number of hydrogen-bond donors (Lipinski definition) is 3. The van der Waals surface area contributed by atoms with Gasteiger partial charge < -0.3 is 16.2 Å². The van der Waals surface area contributed by atoms with Crippen molar-refractivity contribution in [1.29, 1.82) is 5.41 Å². The summed E-state index contributed by atoms with van der Waals surface area (Å²) in [5, 5.41) is 6.06. The molecular formula is C15H23N3O2. The van der Waals surface area contributed by atoms with Crippen molar-refractivity contribution in [3.8, 4) is 0 Å². The highest BCUT2D eigenvalue weighted by atomic mass is 16.5. The van der Waals surface area contributed by atoms with E-state index in [0.717, 1.165) is 0 Å². The van der Waals surface area contributed by atoms with Gasteiger partial charge in [-0.3, -0.25) is 10.2 Å². The molecule has 1 aliphatic carbocycles. The van der Waals surface area contributed by atoms with Crippen LogP contribution < -0.4 is 11.5 Å². The number of rotatable bonds is 1.